The van der Waals surface area contributed by atoms with Crippen molar-refractivity contribution in [3.8, 4) is 0 Å². The van der Waals surface area contributed by atoms with Crippen LogP contribution in [-0.4, -0.2) is 25.8 Å². The number of fused-ring (bicyclic) bond motifs is 3. The molecule has 3 aliphatic rings. The van der Waals surface area contributed by atoms with Gasteiger partial charge in [-0.15, -0.1) is 0 Å². The van der Waals surface area contributed by atoms with Gasteiger partial charge < -0.3 is 15.2 Å². The molecule has 1 aliphatic heterocycles. The van der Waals surface area contributed by atoms with Crippen LogP contribution < -0.4 is 5.73 Å². The topological polar surface area (TPSA) is 56.8 Å². The van der Waals surface area contributed by atoms with Crippen LogP contribution in [0.5, 0.6) is 0 Å². The Bertz CT molecular complexity index is 693. The summed E-state index contributed by atoms with van der Waals surface area (Å²) in [5, 5.41) is 0. The first-order chi connectivity index (χ1) is 11.4. The van der Waals surface area contributed by atoms with Gasteiger partial charge in [0.2, 0.25) is 0 Å². The van der Waals surface area contributed by atoms with Crippen molar-refractivity contribution in [2.24, 2.45) is 28.0 Å². The number of amidine groups is 1. The molecule has 5 atom stereocenters. The number of hydrogen-bond acceptors (Lipinski definition) is 4. The number of benzene rings is 1. The lowest BCUT2D eigenvalue weighted by Crippen LogP contribution is -2.51. The monoisotopic (exact) mass is 392 g/mol. The third kappa shape index (κ3) is 2.10. The molecular weight excluding hydrogens is 368 g/mol. The molecule has 1 heterocycles. The average Bonchev–Trinajstić information content (AvgIpc) is 3.01. The summed E-state index contributed by atoms with van der Waals surface area (Å²) in [5.41, 5.74) is 8.37. The van der Waals surface area contributed by atoms with Crippen LogP contribution in [0.1, 0.15) is 37.8 Å². The molecule has 3 unspecified atom stereocenters. The number of nitrogens with two attached hydrogens (primary N) is 1. The van der Waals surface area contributed by atoms with Crippen LogP contribution in [0.3, 0.4) is 0 Å². The van der Waals surface area contributed by atoms with E-state index >= 15 is 0 Å². The van der Waals surface area contributed by atoms with Gasteiger partial charge in [0.1, 0.15) is 12.1 Å². The molecule has 0 aromatic heterocycles. The predicted molar refractivity (Wildman–Crippen MR) is 97.9 cm³/mol. The van der Waals surface area contributed by atoms with Gasteiger partial charge in [-0.3, -0.25) is 0 Å². The number of rotatable bonds is 1. The summed E-state index contributed by atoms with van der Waals surface area (Å²) in [6.45, 7) is 5.17. The smallest absolute Gasteiger partial charge is 0.283 e. The molecule has 0 bridgehead atoms. The van der Waals surface area contributed by atoms with E-state index in [1.54, 1.807) is 0 Å². The fourth-order valence-electron chi connectivity index (χ4n) is 5.78. The maximum absolute atomic E-state index is 5.99. The minimum atomic E-state index is -0.350. The summed E-state index contributed by atoms with van der Waals surface area (Å²) in [6, 6.07) is 6.91. The Balaban J connectivity index is 1.85. The van der Waals surface area contributed by atoms with E-state index in [1.165, 1.54) is 11.1 Å². The molecule has 0 amide bonds. The predicted octanol–water partition coefficient (Wildman–Crippen LogP) is 3.61. The van der Waals surface area contributed by atoms with Gasteiger partial charge in [0.15, 0.2) is 0 Å². The van der Waals surface area contributed by atoms with Crippen LogP contribution in [0.2, 0.25) is 0 Å². The highest BCUT2D eigenvalue weighted by Crippen LogP contribution is 2.63. The van der Waals surface area contributed by atoms with Gasteiger partial charge in [0.05, 0.1) is 6.10 Å². The average molecular weight is 393 g/mol. The molecule has 1 saturated carbocycles. The third-order valence-corrected chi connectivity index (χ3v) is 6.97. The van der Waals surface area contributed by atoms with Crippen LogP contribution in [0.25, 0.3) is 0 Å². The van der Waals surface area contributed by atoms with Gasteiger partial charge in [-0.05, 0) is 54.4 Å². The summed E-state index contributed by atoms with van der Waals surface area (Å²) < 4.78 is 12.6. The highest BCUT2D eigenvalue weighted by Gasteiger charge is 2.63. The Labute approximate surface area is 151 Å². The maximum Gasteiger partial charge on any atom is 0.283 e. The molecule has 130 valence electrons. The van der Waals surface area contributed by atoms with Crippen molar-refractivity contribution in [2.75, 3.05) is 13.7 Å². The lowest BCUT2D eigenvalue weighted by Gasteiger charge is -2.50. The van der Waals surface area contributed by atoms with Crippen LogP contribution in [0.15, 0.2) is 27.7 Å². The maximum atomic E-state index is 5.99. The zero-order chi connectivity index (χ0) is 17.1. The van der Waals surface area contributed by atoms with Crippen molar-refractivity contribution < 1.29 is 9.47 Å². The molecule has 1 fully saturated rings. The Hall–Kier alpha value is -1.07. The van der Waals surface area contributed by atoms with Crippen LogP contribution in [-0.2, 0) is 21.4 Å². The minimum absolute atomic E-state index is 0.0606. The molecule has 2 N–H and O–H groups in total. The first kappa shape index (κ1) is 16.4. The number of nitrogens with zero attached hydrogens (tertiary/aromatic N) is 1. The van der Waals surface area contributed by atoms with Gasteiger partial charge >= 0.3 is 0 Å². The van der Waals surface area contributed by atoms with Crippen molar-refractivity contribution >= 4 is 22.0 Å². The first-order valence-corrected chi connectivity index (χ1v) is 9.50. The second-order valence-electron chi connectivity index (χ2n) is 7.92. The van der Waals surface area contributed by atoms with Crippen molar-refractivity contribution in [3.63, 3.8) is 0 Å². The number of hydrogen-bond donors (Lipinski definition) is 1. The van der Waals surface area contributed by atoms with E-state index in [0.29, 0.717) is 30.6 Å². The number of methoxy groups -OCH3 is 1. The van der Waals surface area contributed by atoms with E-state index < -0.39 is 0 Å². The van der Waals surface area contributed by atoms with E-state index in [9.17, 15) is 0 Å². The Morgan fingerprint density at radius 1 is 1.29 bits per heavy atom. The van der Waals surface area contributed by atoms with Gasteiger partial charge in [-0.2, -0.15) is 0 Å². The molecule has 0 radical (unpaired) electrons. The third-order valence-electron chi connectivity index (χ3n) is 6.47. The van der Waals surface area contributed by atoms with Crippen LogP contribution >= 0.6 is 15.9 Å². The van der Waals surface area contributed by atoms with Crippen molar-refractivity contribution in [2.45, 2.75) is 44.8 Å². The van der Waals surface area contributed by atoms with Gasteiger partial charge in [-0.25, -0.2) is 4.99 Å². The van der Waals surface area contributed by atoms with E-state index in [1.807, 2.05) is 7.11 Å². The Kier molecular flexibility index (Phi) is 3.73. The van der Waals surface area contributed by atoms with Crippen molar-refractivity contribution in [3.05, 3.63) is 33.8 Å². The lowest BCUT2D eigenvalue weighted by atomic mass is 9.57. The molecule has 2 spiro atoms. The molecular formula is C19H25BrN2O2. The summed E-state index contributed by atoms with van der Waals surface area (Å²) in [5.74, 6) is 0.982. The molecule has 2 aliphatic carbocycles. The Morgan fingerprint density at radius 2 is 2.00 bits per heavy atom. The summed E-state index contributed by atoms with van der Waals surface area (Å²) in [4.78, 5) is 4.91. The van der Waals surface area contributed by atoms with Gasteiger partial charge in [0, 0.05) is 17.0 Å². The SMILES string of the molecule is COC1[C@H](C)CC2(Cc3ccc(Br)cc3C23COC(N)=N3)C[C@@H]1C. The van der Waals surface area contributed by atoms with Crippen LogP contribution in [0.4, 0.5) is 0 Å². The van der Waals surface area contributed by atoms with E-state index in [2.05, 4.69) is 48.0 Å². The highest BCUT2D eigenvalue weighted by molar-refractivity contribution is 9.10. The quantitative estimate of drug-likeness (QED) is 0.793. The fourth-order valence-corrected chi connectivity index (χ4v) is 6.14. The minimum Gasteiger partial charge on any atom is -0.462 e. The number of ether oxygens (including phenoxy) is 2. The molecule has 5 heteroatoms. The Morgan fingerprint density at radius 3 is 2.58 bits per heavy atom. The van der Waals surface area contributed by atoms with Gasteiger partial charge in [0.25, 0.3) is 6.02 Å². The largest absolute Gasteiger partial charge is 0.462 e. The standard InChI is InChI=1S/C19H25BrN2O2/c1-11-7-18(8-12(2)16(11)23-3)9-13-4-5-14(20)6-15(13)19(18)10-24-17(21)22-19/h4-6,11-12,16H,7-10H2,1-3H3,(H2,21,22)/t11-,12+,16?,18?,19?. The molecule has 1 aromatic rings. The van der Waals surface area contributed by atoms with Crippen LogP contribution in [0, 0.1) is 17.3 Å². The molecule has 4 rings (SSSR count). The normalized spacial score (nSPS) is 40.7. The van der Waals surface area contributed by atoms with E-state index in [4.69, 9.17) is 20.2 Å². The second-order valence-corrected chi connectivity index (χ2v) is 8.84. The first-order valence-electron chi connectivity index (χ1n) is 8.71. The zero-order valence-corrected chi connectivity index (χ0v) is 16.1. The zero-order valence-electron chi connectivity index (χ0n) is 14.5. The summed E-state index contributed by atoms with van der Waals surface area (Å²) in [6.07, 6.45) is 3.53. The van der Waals surface area contributed by atoms with E-state index in [0.717, 1.165) is 23.7 Å². The number of aliphatic imine (C=N–C) groups is 1. The fraction of sp³-hybridized carbons (Fsp3) is 0.632. The lowest BCUT2D eigenvalue weighted by molar-refractivity contribution is -0.0779. The second kappa shape index (κ2) is 5.46. The van der Waals surface area contributed by atoms with E-state index in [-0.39, 0.29) is 11.0 Å². The highest BCUT2D eigenvalue weighted by atomic mass is 79.9. The molecule has 4 nitrogen and oxygen atoms in total. The van der Waals surface area contributed by atoms with Crippen molar-refractivity contribution in [1.29, 1.82) is 0 Å². The van der Waals surface area contributed by atoms with Crippen molar-refractivity contribution in [1.82, 2.24) is 0 Å². The molecule has 1 aromatic carbocycles. The van der Waals surface area contributed by atoms with Gasteiger partial charge in [-0.1, -0.05) is 35.8 Å². The summed E-state index contributed by atoms with van der Waals surface area (Å²) in [7, 11) is 1.83. The number of halogens is 1. The molecule has 0 saturated heterocycles. The summed E-state index contributed by atoms with van der Waals surface area (Å²) >= 11 is 3.63. The molecule has 24 heavy (non-hydrogen) atoms.